The largest absolute Gasteiger partial charge is 0.450 e. The van der Waals surface area contributed by atoms with Gasteiger partial charge in [0.05, 0.1) is 0 Å². The molecule has 0 saturated carbocycles. The van der Waals surface area contributed by atoms with Gasteiger partial charge in [0.15, 0.2) is 30.5 Å². The average Bonchev–Trinajstić information content (AvgIpc) is 2.66. The highest BCUT2D eigenvalue weighted by Crippen LogP contribution is 2.08. The highest BCUT2D eigenvalue weighted by atomic mass is 16.6. The van der Waals surface area contributed by atoms with Gasteiger partial charge in [-0.1, -0.05) is 0 Å². The molecule has 12 nitrogen and oxygen atoms in total. The minimum Gasteiger partial charge on any atom is -0.450 e. The molecule has 1 saturated heterocycles. The van der Waals surface area contributed by atoms with E-state index in [0.29, 0.717) is 0 Å². The van der Waals surface area contributed by atoms with E-state index in [2.05, 4.69) is 5.32 Å². The van der Waals surface area contributed by atoms with Crippen molar-refractivity contribution in [2.24, 2.45) is 0 Å². The van der Waals surface area contributed by atoms with E-state index < -0.39 is 72.3 Å². The summed E-state index contributed by atoms with van der Waals surface area (Å²) in [5.74, 6) is -5.97. The molecule has 1 aliphatic rings. The molecule has 1 heterocycles. The highest BCUT2D eigenvalue weighted by Gasteiger charge is 2.32. The van der Waals surface area contributed by atoms with E-state index in [0.717, 1.165) is 0 Å². The van der Waals surface area contributed by atoms with Crippen molar-refractivity contribution in [1.82, 2.24) is 5.32 Å². The lowest BCUT2D eigenvalue weighted by molar-refractivity contribution is -0.186. The van der Waals surface area contributed by atoms with Crippen LogP contribution in [0.3, 0.4) is 0 Å². The number of esters is 5. The summed E-state index contributed by atoms with van der Waals surface area (Å²) >= 11 is 0. The summed E-state index contributed by atoms with van der Waals surface area (Å²) in [5, 5.41) is 2.26. The van der Waals surface area contributed by atoms with Crippen LogP contribution in [0, 0.1) is 0 Å². The summed E-state index contributed by atoms with van der Waals surface area (Å²) in [6.07, 6.45) is -6.99. The number of carbonyl (C=O) groups excluding carboxylic acids is 6. The lowest BCUT2D eigenvalue weighted by Crippen LogP contribution is -2.47. The highest BCUT2D eigenvalue weighted by molar-refractivity contribution is 5.90. The molecule has 168 valence electrons. The van der Waals surface area contributed by atoms with Gasteiger partial charge in [0.25, 0.3) is 5.91 Å². The zero-order valence-electron chi connectivity index (χ0n) is 17.5. The fourth-order valence-corrected chi connectivity index (χ4v) is 1.99. The molecule has 0 unspecified atom stereocenters. The van der Waals surface area contributed by atoms with Crippen LogP contribution in [0.2, 0.25) is 0 Å². The lowest BCUT2D eigenvalue weighted by Gasteiger charge is -2.22. The number of rotatable bonds is 0. The molecule has 0 aromatic rings. The summed E-state index contributed by atoms with van der Waals surface area (Å²) in [7, 11) is 0. The van der Waals surface area contributed by atoms with Crippen molar-refractivity contribution in [2.75, 3.05) is 0 Å². The van der Waals surface area contributed by atoms with Crippen LogP contribution < -0.4 is 5.32 Å². The molecule has 1 rings (SSSR count). The van der Waals surface area contributed by atoms with Crippen LogP contribution in [0.4, 0.5) is 0 Å². The minimum absolute atomic E-state index is 0.821. The summed E-state index contributed by atoms with van der Waals surface area (Å²) in [6, 6.07) is -1.19. The van der Waals surface area contributed by atoms with Gasteiger partial charge in [-0.3, -0.25) is 4.79 Å². The Balaban J connectivity index is 3.04. The average molecular weight is 431 g/mol. The molecule has 0 bridgehead atoms. The van der Waals surface area contributed by atoms with Gasteiger partial charge in [-0.2, -0.15) is 0 Å². The zero-order chi connectivity index (χ0) is 23.2. The van der Waals surface area contributed by atoms with Crippen molar-refractivity contribution in [1.29, 1.82) is 0 Å². The van der Waals surface area contributed by atoms with Crippen LogP contribution >= 0.6 is 0 Å². The third-order valence-electron chi connectivity index (χ3n) is 3.87. The predicted octanol–water partition coefficient (Wildman–Crippen LogP) is -0.837. The number of ether oxygens (including phenoxy) is 5. The van der Waals surface area contributed by atoms with Crippen molar-refractivity contribution >= 4 is 35.8 Å². The molecule has 12 heteroatoms. The Kier molecular flexibility index (Phi) is 8.75. The van der Waals surface area contributed by atoms with E-state index in [-0.39, 0.29) is 0 Å². The maximum Gasteiger partial charge on any atom is 0.347 e. The van der Waals surface area contributed by atoms with Crippen LogP contribution in [0.25, 0.3) is 0 Å². The Morgan fingerprint density at radius 2 is 0.733 bits per heavy atom. The molecule has 1 fully saturated rings. The fourth-order valence-electron chi connectivity index (χ4n) is 1.99. The number of cyclic esters (lactones) is 5. The van der Waals surface area contributed by atoms with Crippen molar-refractivity contribution < 1.29 is 52.5 Å². The van der Waals surface area contributed by atoms with Gasteiger partial charge in [-0.15, -0.1) is 0 Å². The second-order valence-electron chi connectivity index (χ2n) is 6.63. The van der Waals surface area contributed by atoms with E-state index in [9.17, 15) is 28.8 Å². The Labute approximate surface area is 172 Å². The van der Waals surface area contributed by atoms with Crippen molar-refractivity contribution in [3.63, 3.8) is 0 Å². The maximum absolute atomic E-state index is 12.1. The third-order valence-corrected chi connectivity index (χ3v) is 3.87. The lowest BCUT2D eigenvalue weighted by atomic mass is 10.3. The number of carbonyl (C=O) groups is 6. The van der Waals surface area contributed by atoms with Gasteiger partial charge in [0.1, 0.15) is 6.04 Å². The van der Waals surface area contributed by atoms with Gasteiger partial charge < -0.3 is 29.0 Å². The van der Waals surface area contributed by atoms with E-state index in [1.165, 1.54) is 41.5 Å². The maximum atomic E-state index is 12.1. The standard InChI is InChI=1S/C18H25NO11/c1-7-14(21)27-9(3)16(23)29-11(5)18(25)30-12(6)17(24)28-10(4)15(22)26-8(2)13(20)19-7/h7-12H,1-6H3,(H,19,20)/t7-,8-,9-,10-,11-,12-/m0/s1. The molecule has 0 aliphatic carbocycles. The third kappa shape index (κ3) is 7.01. The molecule has 0 aromatic heterocycles. The first kappa shape index (κ1) is 24.9. The number of hydrogen-bond acceptors (Lipinski definition) is 11. The van der Waals surface area contributed by atoms with Crippen molar-refractivity contribution in [2.45, 2.75) is 78.1 Å². The number of hydrogen-bond donors (Lipinski definition) is 1. The minimum atomic E-state index is -1.43. The van der Waals surface area contributed by atoms with E-state index in [1.54, 1.807) is 0 Å². The summed E-state index contributed by atoms with van der Waals surface area (Å²) < 4.78 is 24.4. The van der Waals surface area contributed by atoms with E-state index in [1.807, 2.05) is 0 Å². The first-order chi connectivity index (χ1) is 13.8. The second-order valence-corrected chi connectivity index (χ2v) is 6.63. The van der Waals surface area contributed by atoms with Crippen LogP contribution in [-0.4, -0.2) is 72.3 Å². The monoisotopic (exact) mass is 431 g/mol. The predicted molar refractivity (Wildman–Crippen MR) is 95.4 cm³/mol. The molecule has 30 heavy (non-hydrogen) atoms. The summed E-state index contributed by atoms with van der Waals surface area (Å²) in [4.78, 5) is 72.2. The molecule has 1 N–H and O–H groups in total. The molecular weight excluding hydrogens is 406 g/mol. The Morgan fingerprint density at radius 3 is 1.07 bits per heavy atom. The van der Waals surface area contributed by atoms with Gasteiger partial charge in [-0.25, -0.2) is 24.0 Å². The molecule has 0 aromatic carbocycles. The normalized spacial score (nSPS) is 33.0. The summed E-state index contributed by atoms with van der Waals surface area (Å²) in [6.45, 7) is 7.31. The first-order valence-electron chi connectivity index (χ1n) is 9.16. The topological polar surface area (TPSA) is 161 Å². The molecule has 1 aliphatic heterocycles. The zero-order valence-corrected chi connectivity index (χ0v) is 17.5. The Bertz CT molecular complexity index is 564. The van der Waals surface area contributed by atoms with Crippen LogP contribution in [0.15, 0.2) is 0 Å². The van der Waals surface area contributed by atoms with E-state index in [4.69, 9.17) is 23.7 Å². The van der Waals surface area contributed by atoms with E-state index >= 15 is 0 Å². The Hall–Kier alpha value is -3.18. The number of nitrogens with one attached hydrogen (secondary N) is 1. The first-order valence-corrected chi connectivity index (χ1v) is 9.16. The van der Waals surface area contributed by atoms with Crippen LogP contribution in [-0.2, 0) is 52.5 Å². The van der Waals surface area contributed by atoms with Crippen molar-refractivity contribution in [3.8, 4) is 0 Å². The molecule has 0 radical (unpaired) electrons. The molecule has 0 spiro atoms. The fraction of sp³-hybridized carbons (Fsp3) is 0.667. The van der Waals surface area contributed by atoms with Gasteiger partial charge >= 0.3 is 29.8 Å². The Morgan fingerprint density at radius 1 is 0.467 bits per heavy atom. The van der Waals surface area contributed by atoms with Crippen molar-refractivity contribution in [3.05, 3.63) is 0 Å². The quantitative estimate of drug-likeness (QED) is 0.376. The molecule has 1 amide bonds. The van der Waals surface area contributed by atoms with Gasteiger partial charge in [-0.05, 0) is 41.5 Å². The van der Waals surface area contributed by atoms with Gasteiger partial charge in [0.2, 0.25) is 0 Å². The smallest absolute Gasteiger partial charge is 0.347 e. The summed E-state index contributed by atoms with van der Waals surface area (Å²) in [5.41, 5.74) is 0. The van der Waals surface area contributed by atoms with Crippen LogP contribution in [0.5, 0.6) is 0 Å². The van der Waals surface area contributed by atoms with Crippen LogP contribution in [0.1, 0.15) is 41.5 Å². The molecular formula is C18H25NO11. The molecule has 6 atom stereocenters. The number of amides is 1. The second kappa shape index (κ2) is 10.6. The SMILES string of the molecule is C[C@@H]1NC(=O)[C@H](C)OC(=O)[C@H](C)OC(=O)[C@H](C)OC(=O)[C@H](C)OC(=O)[C@H](C)OC1=O. The van der Waals surface area contributed by atoms with Gasteiger partial charge in [0, 0.05) is 0 Å².